The van der Waals surface area contributed by atoms with E-state index in [0.29, 0.717) is 5.78 Å². The number of benzene rings is 1. The summed E-state index contributed by atoms with van der Waals surface area (Å²) in [4.78, 5) is 12.6. The molecular weight excluding hydrogens is 220 g/mol. The molecule has 0 saturated heterocycles. The van der Waals surface area contributed by atoms with E-state index in [2.05, 4.69) is 32.9 Å². The Bertz CT molecular complexity index is 437. The molecule has 0 unspecified atom stereocenters. The number of carbonyl (C=O) groups is 1. The third-order valence-electron chi connectivity index (χ3n) is 4.33. The molecule has 0 amide bonds. The molecule has 0 aromatic heterocycles. The summed E-state index contributed by atoms with van der Waals surface area (Å²) in [5.41, 5.74) is 4.62. The molecule has 1 fully saturated rings. The van der Waals surface area contributed by atoms with E-state index in [9.17, 15) is 4.79 Å². The average Bonchev–Trinajstić information content (AvgIpc) is 2.61. The summed E-state index contributed by atoms with van der Waals surface area (Å²) >= 11 is 0. The Morgan fingerprint density at radius 3 is 2.06 bits per heavy atom. The fourth-order valence-electron chi connectivity index (χ4n) is 2.99. The average molecular weight is 244 g/mol. The lowest BCUT2D eigenvalue weighted by Crippen LogP contribution is -2.15. The van der Waals surface area contributed by atoms with Gasteiger partial charge < -0.3 is 0 Å². The summed E-state index contributed by atoms with van der Waals surface area (Å²) in [7, 11) is 0. The number of hydrogen-bond acceptors (Lipinski definition) is 1. The molecule has 1 nitrogen and oxygen atoms in total. The highest BCUT2D eigenvalue weighted by Gasteiger charge is 2.22. The van der Waals surface area contributed by atoms with E-state index in [1.54, 1.807) is 0 Å². The number of rotatable bonds is 2. The van der Waals surface area contributed by atoms with Gasteiger partial charge in [-0.25, -0.2) is 0 Å². The van der Waals surface area contributed by atoms with Crippen molar-refractivity contribution in [1.82, 2.24) is 0 Å². The van der Waals surface area contributed by atoms with Crippen LogP contribution in [0.25, 0.3) is 0 Å². The molecule has 2 rings (SSSR count). The number of hydrogen-bond donors (Lipinski definition) is 0. The van der Waals surface area contributed by atoms with Gasteiger partial charge in [-0.05, 0) is 56.4 Å². The van der Waals surface area contributed by atoms with Crippen molar-refractivity contribution in [3.05, 3.63) is 34.4 Å². The minimum Gasteiger partial charge on any atom is -0.294 e. The van der Waals surface area contributed by atoms with Crippen LogP contribution in [0.15, 0.2) is 12.1 Å². The Hall–Kier alpha value is -1.11. The summed E-state index contributed by atoms with van der Waals surface area (Å²) in [6.45, 7) is 6.28. The zero-order valence-electron chi connectivity index (χ0n) is 11.9. The highest BCUT2D eigenvalue weighted by molar-refractivity contribution is 5.99. The maximum absolute atomic E-state index is 12.6. The molecule has 1 saturated carbocycles. The van der Waals surface area contributed by atoms with Crippen LogP contribution in [0.5, 0.6) is 0 Å². The molecule has 1 aliphatic rings. The highest BCUT2D eigenvalue weighted by Crippen LogP contribution is 2.28. The van der Waals surface area contributed by atoms with E-state index in [0.717, 1.165) is 24.0 Å². The maximum Gasteiger partial charge on any atom is 0.166 e. The lowest BCUT2D eigenvalue weighted by molar-refractivity contribution is 0.0907. The first-order valence-corrected chi connectivity index (χ1v) is 7.21. The van der Waals surface area contributed by atoms with Gasteiger partial charge in [0.25, 0.3) is 0 Å². The van der Waals surface area contributed by atoms with Crippen LogP contribution < -0.4 is 0 Å². The molecule has 0 bridgehead atoms. The number of Topliss-reactive ketones (excluding diaryl/α,β-unsaturated/α-hetero) is 1. The van der Waals surface area contributed by atoms with Crippen LogP contribution in [0.2, 0.25) is 0 Å². The number of aryl methyl sites for hydroxylation is 3. The fourth-order valence-corrected chi connectivity index (χ4v) is 2.99. The Labute approximate surface area is 111 Å². The van der Waals surface area contributed by atoms with Crippen LogP contribution in [0, 0.1) is 26.7 Å². The van der Waals surface area contributed by atoms with Crippen molar-refractivity contribution < 1.29 is 4.79 Å². The standard InChI is InChI=1S/C17H24O/c1-12-10-14(3)16(11-13(12)2)17(18)15-8-6-4-5-7-9-15/h10-11,15H,4-9H2,1-3H3. The molecule has 1 aromatic carbocycles. The van der Waals surface area contributed by atoms with Crippen LogP contribution in [-0.4, -0.2) is 5.78 Å². The molecule has 1 aromatic rings. The predicted octanol–water partition coefficient (Wildman–Crippen LogP) is 4.76. The van der Waals surface area contributed by atoms with Crippen molar-refractivity contribution in [2.75, 3.05) is 0 Å². The van der Waals surface area contributed by atoms with Gasteiger partial charge in [0.1, 0.15) is 0 Å². The van der Waals surface area contributed by atoms with Gasteiger partial charge in [-0.15, -0.1) is 0 Å². The first-order chi connectivity index (χ1) is 8.59. The molecule has 1 heteroatoms. The summed E-state index contributed by atoms with van der Waals surface area (Å²) in [6, 6.07) is 4.25. The van der Waals surface area contributed by atoms with Crippen molar-refractivity contribution in [3.8, 4) is 0 Å². The van der Waals surface area contributed by atoms with E-state index in [1.807, 2.05) is 0 Å². The van der Waals surface area contributed by atoms with Crippen molar-refractivity contribution in [1.29, 1.82) is 0 Å². The second-order valence-corrected chi connectivity index (χ2v) is 5.80. The number of carbonyl (C=O) groups excluding carboxylic acids is 1. The monoisotopic (exact) mass is 244 g/mol. The first-order valence-electron chi connectivity index (χ1n) is 7.21. The van der Waals surface area contributed by atoms with Crippen molar-refractivity contribution in [2.24, 2.45) is 5.92 Å². The van der Waals surface area contributed by atoms with Crippen LogP contribution >= 0.6 is 0 Å². The third-order valence-corrected chi connectivity index (χ3v) is 4.33. The fraction of sp³-hybridized carbons (Fsp3) is 0.588. The van der Waals surface area contributed by atoms with Crippen molar-refractivity contribution in [3.63, 3.8) is 0 Å². The Morgan fingerprint density at radius 1 is 0.889 bits per heavy atom. The quantitative estimate of drug-likeness (QED) is 0.541. The lowest BCUT2D eigenvalue weighted by Gasteiger charge is -2.15. The zero-order valence-corrected chi connectivity index (χ0v) is 11.9. The van der Waals surface area contributed by atoms with Crippen molar-refractivity contribution >= 4 is 5.78 Å². The second-order valence-electron chi connectivity index (χ2n) is 5.80. The summed E-state index contributed by atoms with van der Waals surface area (Å²) in [5.74, 6) is 0.658. The van der Waals surface area contributed by atoms with Crippen LogP contribution in [0.3, 0.4) is 0 Å². The van der Waals surface area contributed by atoms with E-state index in [4.69, 9.17) is 0 Å². The largest absolute Gasteiger partial charge is 0.294 e. The van der Waals surface area contributed by atoms with Crippen LogP contribution in [0.4, 0.5) is 0 Å². The molecule has 98 valence electrons. The van der Waals surface area contributed by atoms with Crippen LogP contribution in [0.1, 0.15) is 65.6 Å². The molecule has 0 aliphatic heterocycles. The molecule has 0 spiro atoms. The van der Waals surface area contributed by atoms with Gasteiger partial charge in [-0.3, -0.25) is 4.79 Å². The molecule has 0 radical (unpaired) electrons. The van der Waals surface area contributed by atoms with Gasteiger partial charge >= 0.3 is 0 Å². The normalized spacial score (nSPS) is 17.5. The molecular formula is C17H24O. The van der Waals surface area contributed by atoms with Gasteiger partial charge in [0.2, 0.25) is 0 Å². The van der Waals surface area contributed by atoms with E-state index in [-0.39, 0.29) is 5.92 Å². The molecule has 0 N–H and O–H groups in total. The summed E-state index contributed by atoms with van der Waals surface area (Å²) in [6.07, 6.45) is 7.22. The molecule has 0 atom stereocenters. The Balaban J connectivity index is 2.24. The summed E-state index contributed by atoms with van der Waals surface area (Å²) < 4.78 is 0. The summed E-state index contributed by atoms with van der Waals surface area (Å²) in [5, 5.41) is 0. The van der Waals surface area contributed by atoms with Gasteiger partial charge in [0, 0.05) is 11.5 Å². The van der Waals surface area contributed by atoms with Crippen LogP contribution in [-0.2, 0) is 0 Å². The first kappa shape index (κ1) is 13.3. The smallest absolute Gasteiger partial charge is 0.166 e. The molecule has 18 heavy (non-hydrogen) atoms. The van der Waals surface area contributed by atoms with Crippen molar-refractivity contribution in [2.45, 2.75) is 59.3 Å². The molecule has 0 heterocycles. The Morgan fingerprint density at radius 2 is 1.44 bits per heavy atom. The molecule has 1 aliphatic carbocycles. The SMILES string of the molecule is Cc1cc(C)c(C(=O)C2CCCCCC2)cc1C. The predicted molar refractivity (Wildman–Crippen MR) is 76.2 cm³/mol. The number of ketones is 1. The third kappa shape index (κ3) is 2.82. The highest BCUT2D eigenvalue weighted by atomic mass is 16.1. The lowest BCUT2D eigenvalue weighted by atomic mass is 9.87. The van der Waals surface area contributed by atoms with E-state index in [1.165, 1.54) is 36.8 Å². The van der Waals surface area contributed by atoms with E-state index >= 15 is 0 Å². The maximum atomic E-state index is 12.6. The van der Waals surface area contributed by atoms with E-state index < -0.39 is 0 Å². The zero-order chi connectivity index (χ0) is 13.1. The minimum absolute atomic E-state index is 0.272. The van der Waals surface area contributed by atoms with Gasteiger partial charge in [0.05, 0.1) is 0 Å². The van der Waals surface area contributed by atoms with Gasteiger partial charge in [0.15, 0.2) is 5.78 Å². The topological polar surface area (TPSA) is 17.1 Å². The van der Waals surface area contributed by atoms with Gasteiger partial charge in [-0.2, -0.15) is 0 Å². The Kier molecular flexibility index (Phi) is 4.21. The van der Waals surface area contributed by atoms with Gasteiger partial charge in [-0.1, -0.05) is 31.7 Å². The second kappa shape index (κ2) is 5.69. The minimum atomic E-state index is 0.272.